The molecule has 3 nitrogen and oxygen atoms in total. The first-order valence-corrected chi connectivity index (χ1v) is 7.84. The minimum atomic E-state index is 0.756. The lowest BCUT2D eigenvalue weighted by Crippen LogP contribution is -1.94. The Morgan fingerprint density at radius 2 is 1.91 bits per heavy atom. The lowest BCUT2D eigenvalue weighted by atomic mass is 10.1. The van der Waals surface area contributed by atoms with Gasteiger partial charge in [0.1, 0.15) is 5.82 Å². The molecule has 0 bridgehead atoms. The summed E-state index contributed by atoms with van der Waals surface area (Å²) < 4.78 is 0. The molecule has 114 valence electrons. The van der Waals surface area contributed by atoms with Crippen molar-refractivity contribution in [2.45, 2.75) is 32.6 Å². The van der Waals surface area contributed by atoms with Crippen LogP contribution in [0.15, 0.2) is 65.4 Å². The van der Waals surface area contributed by atoms with E-state index in [9.17, 15) is 0 Å². The van der Waals surface area contributed by atoms with Crippen molar-refractivity contribution in [1.29, 1.82) is 0 Å². The maximum Gasteiger partial charge on any atom is 0.146 e. The molecule has 0 atom stereocenters. The Hall–Kier alpha value is -2.42. The van der Waals surface area contributed by atoms with Crippen LogP contribution in [-0.2, 0) is 0 Å². The van der Waals surface area contributed by atoms with Crippen LogP contribution in [0.3, 0.4) is 0 Å². The van der Waals surface area contributed by atoms with E-state index in [1.54, 1.807) is 6.20 Å². The highest BCUT2D eigenvalue weighted by Gasteiger charge is 1.96. The van der Waals surface area contributed by atoms with Crippen LogP contribution in [0.2, 0.25) is 0 Å². The fourth-order valence-electron chi connectivity index (χ4n) is 2.13. The average Bonchev–Trinajstić information content (AvgIpc) is 2.57. The number of unbranched alkanes of at least 4 members (excludes halogenated alkanes) is 2. The van der Waals surface area contributed by atoms with Gasteiger partial charge in [-0.05, 0) is 36.1 Å². The second-order valence-electron chi connectivity index (χ2n) is 5.17. The molecule has 1 N–H and O–H groups in total. The monoisotopic (exact) mass is 293 g/mol. The molecule has 0 amide bonds. The van der Waals surface area contributed by atoms with Crippen molar-refractivity contribution in [1.82, 2.24) is 4.98 Å². The van der Waals surface area contributed by atoms with Gasteiger partial charge < -0.3 is 0 Å². The molecule has 0 aliphatic heterocycles. The van der Waals surface area contributed by atoms with Crippen molar-refractivity contribution < 1.29 is 0 Å². The van der Waals surface area contributed by atoms with Gasteiger partial charge in [-0.3, -0.25) is 5.43 Å². The van der Waals surface area contributed by atoms with Gasteiger partial charge >= 0.3 is 0 Å². The Morgan fingerprint density at radius 1 is 1.09 bits per heavy atom. The van der Waals surface area contributed by atoms with Crippen molar-refractivity contribution in [3.05, 3.63) is 65.9 Å². The number of benzene rings is 1. The zero-order valence-electron chi connectivity index (χ0n) is 13.1. The van der Waals surface area contributed by atoms with E-state index in [-0.39, 0.29) is 0 Å². The molecule has 0 spiro atoms. The quantitative estimate of drug-likeness (QED) is 0.415. The molecule has 0 saturated carbocycles. The molecule has 1 heterocycles. The SMILES string of the molecule is CCCCCC(C=NNc1ccccn1)=Cc1ccccc1. The maximum absolute atomic E-state index is 4.31. The van der Waals surface area contributed by atoms with E-state index < -0.39 is 0 Å². The molecule has 0 aliphatic rings. The normalized spacial score (nSPS) is 11.8. The number of rotatable bonds is 8. The van der Waals surface area contributed by atoms with Gasteiger partial charge in [-0.2, -0.15) is 5.10 Å². The summed E-state index contributed by atoms with van der Waals surface area (Å²) in [7, 11) is 0. The summed E-state index contributed by atoms with van der Waals surface area (Å²) in [6, 6.07) is 16.1. The summed E-state index contributed by atoms with van der Waals surface area (Å²) in [6.07, 6.45) is 10.5. The zero-order valence-corrected chi connectivity index (χ0v) is 13.1. The van der Waals surface area contributed by atoms with Gasteiger partial charge in [-0.25, -0.2) is 4.98 Å². The third-order valence-corrected chi connectivity index (χ3v) is 3.30. The Balaban J connectivity index is 2.02. The number of nitrogens with one attached hydrogen (secondary N) is 1. The summed E-state index contributed by atoms with van der Waals surface area (Å²) >= 11 is 0. The Kier molecular flexibility index (Phi) is 6.89. The van der Waals surface area contributed by atoms with Crippen LogP contribution in [0.25, 0.3) is 6.08 Å². The fraction of sp³-hybridized carbons (Fsp3) is 0.263. The molecule has 0 unspecified atom stereocenters. The average molecular weight is 293 g/mol. The molecule has 0 radical (unpaired) electrons. The van der Waals surface area contributed by atoms with Gasteiger partial charge in [-0.15, -0.1) is 0 Å². The molecule has 0 aliphatic carbocycles. The van der Waals surface area contributed by atoms with Crippen LogP contribution in [0.5, 0.6) is 0 Å². The molecule has 0 saturated heterocycles. The molecule has 2 aromatic rings. The number of pyridine rings is 1. The molecule has 2 rings (SSSR count). The van der Waals surface area contributed by atoms with Gasteiger partial charge in [0.25, 0.3) is 0 Å². The number of aromatic nitrogens is 1. The molecule has 0 fully saturated rings. The highest BCUT2D eigenvalue weighted by Crippen LogP contribution is 2.12. The maximum atomic E-state index is 4.31. The lowest BCUT2D eigenvalue weighted by molar-refractivity contribution is 0.724. The van der Waals surface area contributed by atoms with E-state index >= 15 is 0 Å². The third-order valence-electron chi connectivity index (χ3n) is 3.30. The largest absolute Gasteiger partial charge is 0.261 e. The first kappa shape index (κ1) is 16.0. The van der Waals surface area contributed by atoms with Crippen LogP contribution in [0.4, 0.5) is 5.82 Å². The highest BCUT2D eigenvalue weighted by atomic mass is 15.3. The van der Waals surface area contributed by atoms with Gasteiger partial charge in [0.05, 0.1) is 6.21 Å². The van der Waals surface area contributed by atoms with E-state index in [1.807, 2.05) is 30.5 Å². The van der Waals surface area contributed by atoms with Crippen molar-refractivity contribution in [3.8, 4) is 0 Å². The third kappa shape index (κ3) is 5.92. The van der Waals surface area contributed by atoms with Gasteiger partial charge in [0.15, 0.2) is 0 Å². The zero-order chi connectivity index (χ0) is 15.5. The topological polar surface area (TPSA) is 37.3 Å². The van der Waals surface area contributed by atoms with E-state index in [4.69, 9.17) is 0 Å². The van der Waals surface area contributed by atoms with Crippen LogP contribution in [-0.4, -0.2) is 11.2 Å². The summed E-state index contributed by atoms with van der Waals surface area (Å²) in [4.78, 5) is 4.19. The van der Waals surface area contributed by atoms with E-state index in [1.165, 1.54) is 30.4 Å². The lowest BCUT2D eigenvalue weighted by Gasteiger charge is -2.03. The van der Waals surface area contributed by atoms with Crippen LogP contribution in [0.1, 0.15) is 38.2 Å². The van der Waals surface area contributed by atoms with Crippen molar-refractivity contribution in [3.63, 3.8) is 0 Å². The van der Waals surface area contributed by atoms with E-state index in [0.717, 1.165) is 12.2 Å². The summed E-state index contributed by atoms with van der Waals surface area (Å²) in [5, 5.41) is 4.31. The number of allylic oxidation sites excluding steroid dienone is 1. The molecule has 1 aromatic carbocycles. The minimum absolute atomic E-state index is 0.756. The number of hydrogen-bond acceptors (Lipinski definition) is 3. The summed E-state index contributed by atoms with van der Waals surface area (Å²) in [5.41, 5.74) is 5.40. The molecule has 1 aromatic heterocycles. The first-order valence-electron chi connectivity index (χ1n) is 7.84. The first-order chi connectivity index (χ1) is 10.9. The van der Waals surface area contributed by atoms with Gasteiger partial charge in [0.2, 0.25) is 0 Å². The van der Waals surface area contributed by atoms with Crippen molar-refractivity contribution in [2.75, 3.05) is 5.43 Å². The number of anilines is 1. The van der Waals surface area contributed by atoms with Crippen LogP contribution >= 0.6 is 0 Å². The predicted molar refractivity (Wildman–Crippen MR) is 94.9 cm³/mol. The number of hydrazone groups is 1. The van der Waals surface area contributed by atoms with Crippen molar-refractivity contribution in [2.24, 2.45) is 5.10 Å². The van der Waals surface area contributed by atoms with Gasteiger partial charge in [0, 0.05) is 6.20 Å². The summed E-state index contributed by atoms with van der Waals surface area (Å²) in [5.74, 6) is 0.756. The van der Waals surface area contributed by atoms with Crippen LogP contribution in [0, 0.1) is 0 Å². The molecular formula is C19H23N3. The van der Waals surface area contributed by atoms with E-state index in [0.29, 0.717) is 0 Å². The predicted octanol–water partition coefficient (Wildman–Crippen LogP) is 5.14. The molecule has 22 heavy (non-hydrogen) atoms. The van der Waals surface area contributed by atoms with Crippen molar-refractivity contribution >= 4 is 18.1 Å². The Bertz CT molecular complexity index is 589. The van der Waals surface area contributed by atoms with Gasteiger partial charge in [-0.1, -0.05) is 62.2 Å². The molecule has 3 heteroatoms. The Morgan fingerprint density at radius 3 is 2.64 bits per heavy atom. The highest BCUT2D eigenvalue weighted by molar-refractivity contribution is 5.85. The number of nitrogens with zero attached hydrogens (tertiary/aromatic N) is 2. The fourth-order valence-corrected chi connectivity index (χ4v) is 2.13. The standard InChI is InChI=1S/C19H23N3/c1-2-3-5-12-18(15-17-10-6-4-7-11-17)16-21-22-19-13-8-9-14-20-19/h4,6-11,13-16H,2-3,5,12H2,1H3,(H,20,22). The molecular weight excluding hydrogens is 270 g/mol. The summed E-state index contributed by atoms with van der Waals surface area (Å²) in [6.45, 7) is 2.22. The second kappa shape index (κ2) is 9.50. The second-order valence-corrected chi connectivity index (χ2v) is 5.17. The minimum Gasteiger partial charge on any atom is -0.261 e. The van der Waals surface area contributed by atoms with E-state index in [2.05, 4.69) is 52.8 Å². The van der Waals surface area contributed by atoms with Crippen LogP contribution < -0.4 is 5.43 Å². The smallest absolute Gasteiger partial charge is 0.146 e. The Labute approximate surface area is 132 Å². The number of hydrogen-bond donors (Lipinski definition) is 1.